The first-order chi connectivity index (χ1) is 8.20. The van der Waals surface area contributed by atoms with Gasteiger partial charge in [0.05, 0.1) is 0 Å². The minimum absolute atomic E-state index is 0.207. The Morgan fingerprint density at radius 2 is 2.41 bits per heavy atom. The molecule has 5 nitrogen and oxygen atoms in total. The summed E-state index contributed by atoms with van der Waals surface area (Å²) in [6.45, 7) is 2.73. The Morgan fingerprint density at radius 3 is 3.06 bits per heavy atom. The molecule has 0 aliphatic carbocycles. The van der Waals surface area contributed by atoms with Crippen molar-refractivity contribution in [2.45, 2.75) is 6.92 Å². The van der Waals surface area contributed by atoms with E-state index in [-0.39, 0.29) is 5.91 Å². The Morgan fingerprint density at radius 1 is 1.59 bits per heavy atom. The molecule has 0 saturated heterocycles. The van der Waals surface area contributed by atoms with Crippen LogP contribution in [0.5, 0.6) is 0 Å². The van der Waals surface area contributed by atoms with Gasteiger partial charge in [0, 0.05) is 18.5 Å². The van der Waals surface area contributed by atoms with Crippen LogP contribution < -0.4 is 11.1 Å². The number of nitrogens with two attached hydrogens (primary N) is 1. The van der Waals surface area contributed by atoms with E-state index in [4.69, 9.17) is 10.2 Å². The predicted octanol–water partition coefficient (Wildman–Crippen LogP) is 1.40. The molecule has 0 radical (unpaired) electrons. The number of hydrogen-bond acceptors (Lipinski definition) is 5. The lowest BCUT2D eigenvalue weighted by atomic mass is 10.4. The number of furan rings is 1. The minimum atomic E-state index is -0.207. The van der Waals surface area contributed by atoms with Crippen molar-refractivity contribution in [2.75, 3.05) is 13.1 Å². The van der Waals surface area contributed by atoms with Gasteiger partial charge in [-0.1, -0.05) is 0 Å². The van der Waals surface area contributed by atoms with Crippen molar-refractivity contribution >= 4 is 17.2 Å². The molecule has 2 rings (SSSR count). The molecule has 1 amide bonds. The molecule has 17 heavy (non-hydrogen) atoms. The fraction of sp³-hybridized carbons (Fsp3) is 0.273. The summed E-state index contributed by atoms with van der Waals surface area (Å²) in [6.07, 6.45) is 0. The lowest BCUT2D eigenvalue weighted by Crippen LogP contribution is -2.29. The van der Waals surface area contributed by atoms with Crippen LogP contribution in [-0.2, 0) is 0 Å². The molecule has 0 aliphatic heterocycles. The second kappa shape index (κ2) is 5.11. The van der Waals surface area contributed by atoms with E-state index >= 15 is 0 Å². The van der Waals surface area contributed by atoms with Gasteiger partial charge in [-0.05, 0) is 19.1 Å². The monoisotopic (exact) mass is 251 g/mol. The highest BCUT2D eigenvalue weighted by Crippen LogP contribution is 2.25. The number of rotatable bonds is 4. The molecule has 0 aromatic carbocycles. The zero-order valence-corrected chi connectivity index (χ0v) is 10.2. The first-order valence-corrected chi connectivity index (χ1v) is 6.09. The summed E-state index contributed by atoms with van der Waals surface area (Å²) in [7, 11) is 0. The number of carbonyl (C=O) groups is 1. The van der Waals surface area contributed by atoms with Crippen molar-refractivity contribution < 1.29 is 9.21 Å². The van der Waals surface area contributed by atoms with E-state index in [1.54, 1.807) is 5.38 Å². The fourth-order valence-electron chi connectivity index (χ4n) is 1.32. The molecule has 0 saturated carbocycles. The minimum Gasteiger partial charge on any atom is -0.459 e. The van der Waals surface area contributed by atoms with Crippen molar-refractivity contribution in [3.63, 3.8) is 0 Å². The van der Waals surface area contributed by atoms with Crippen molar-refractivity contribution in [1.82, 2.24) is 10.3 Å². The highest BCUT2D eigenvalue weighted by atomic mass is 32.1. The van der Waals surface area contributed by atoms with Crippen LogP contribution in [0.2, 0.25) is 0 Å². The van der Waals surface area contributed by atoms with Crippen LogP contribution in [0.15, 0.2) is 21.9 Å². The number of carbonyl (C=O) groups excluding carboxylic acids is 1. The highest BCUT2D eigenvalue weighted by molar-refractivity contribution is 7.13. The van der Waals surface area contributed by atoms with Gasteiger partial charge in [0.25, 0.3) is 5.91 Å². The molecule has 0 fully saturated rings. The SMILES string of the molecule is Cc1ccc(-c2nc(C(=O)NCCN)cs2)o1. The van der Waals surface area contributed by atoms with Crippen LogP contribution >= 0.6 is 11.3 Å². The summed E-state index contributed by atoms with van der Waals surface area (Å²) >= 11 is 1.38. The molecule has 2 heterocycles. The Hall–Kier alpha value is -1.66. The third-order valence-corrected chi connectivity index (χ3v) is 2.97. The molecule has 0 unspecified atom stereocenters. The van der Waals surface area contributed by atoms with Gasteiger partial charge in [-0.25, -0.2) is 4.98 Å². The van der Waals surface area contributed by atoms with E-state index in [0.29, 0.717) is 29.6 Å². The zero-order valence-electron chi connectivity index (χ0n) is 9.40. The highest BCUT2D eigenvalue weighted by Gasteiger charge is 2.12. The number of hydrogen-bond donors (Lipinski definition) is 2. The van der Waals surface area contributed by atoms with Crippen molar-refractivity contribution in [3.05, 3.63) is 29.0 Å². The van der Waals surface area contributed by atoms with E-state index in [0.717, 1.165) is 5.76 Å². The van der Waals surface area contributed by atoms with Gasteiger partial charge in [0.15, 0.2) is 10.8 Å². The van der Waals surface area contributed by atoms with E-state index in [1.807, 2.05) is 19.1 Å². The van der Waals surface area contributed by atoms with Crippen molar-refractivity contribution in [3.8, 4) is 10.8 Å². The number of aryl methyl sites for hydroxylation is 1. The second-order valence-electron chi connectivity index (χ2n) is 3.49. The first kappa shape index (κ1) is 11.8. The van der Waals surface area contributed by atoms with Gasteiger partial charge in [-0.3, -0.25) is 4.79 Å². The van der Waals surface area contributed by atoms with Crippen LogP contribution in [0, 0.1) is 6.92 Å². The molecule has 2 aromatic rings. The van der Waals surface area contributed by atoms with Crippen LogP contribution in [0.4, 0.5) is 0 Å². The van der Waals surface area contributed by atoms with E-state index < -0.39 is 0 Å². The van der Waals surface area contributed by atoms with Crippen LogP contribution in [0.1, 0.15) is 16.2 Å². The third-order valence-electron chi connectivity index (χ3n) is 2.12. The van der Waals surface area contributed by atoms with Crippen LogP contribution in [0.3, 0.4) is 0 Å². The number of thiazole rings is 1. The maximum atomic E-state index is 11.6. The topological polar surface area (TPSA) is 81.2 Å². The van der Waals surface area contributed by atoms with Gasteiger partial charge in [0.1, 0.15) is 11.5 Å². The second-order valence-corrected chi connectivity index (χ2v) is 4.35. The lowest BCUT2D eigenvalue weighted by Gasteiger charge is -1.98. The van der Waals surface area contributed by atoms with Crippen LogP contribution in [-0.4, -0.2) is 24.0 Å². The number of aromatic nitrogens is 1. The van der Waals surface area contributed by atoms with Gasteiger partial charge < -0.3 is 15.5 Å². The molecule has 6 heteroatoms. The van der Waals surface area contributed by atoms with E-state index in [9.17, 15) is 4.79 Å². The number of amides is 1. The fourth-order valence-corrected chi connectivity index (χ4v) is 2.08. The molecular weight excluding hydrogens is 238 g/mol. The average Bonchev–Trinajstić information content (AvgIpc) is 2.93. The summed E-state index contributed by atoms with van der Waals surface area (Å²) in [5.41, 5.74) is 5.70. The smallest absolute Gasteiger partial charge is 0.270 e. The summed E-state index contributed by atoms with van der Waals surface area (Å²) in [5, 5.41) is 5.08. The summed E-state index contributed by atoms with van der Waals surface area (Å²) in [5.74, 6) is 1.30. The maximum absolute atomic E-state index is 11.6. The molecule has 3 N–H and O–H groups in total. The quantitative estimate of drug-likeness (QED) is 0.860. The average molecular weight is 251 g/mol. The molecule has 90 valence electrons. The Kier molecular flexibility index (Phi) is 3.55. The number of nitrogens with one attached hydrogen (secondary N) is 1. The predicted molar refractivity (Wildman–Crippen MR) is 65.9 cm³/mol. The summed E-state index contributed by atoms with van der Waals surface area (Å²) < 4.78 is 5.44. The molecule has 0 atom stereocenters. The maximum Gasteiger partial charge on any atom is 0.270 e. The van der Waals surface area contributed by atoms with Gasteiger partial charge in [-0.15, -0.1) is 11.3 Å². The Labute approximate surface area is 103 Å². The summed E-state index contributed by atoms with van der Waals surface area (Å²) in [4.78, 5) is 15.8. The third kappa shape index (κ3) is 2.72. The lowest BCUT2D eigenvalue weighted by molar-refractivity contribution is 0.0950. The standard InChI is InChI=1S/C11H13N3O2S/c1-7-2-3-9(16-7)11-14-8(6-17-11)10(15)13-5-4-12/h2-3,6H,4-5,12H2,1H3,(H,13,15). The Balaban J connectivity index is 2.13. The van der Waals surface area contributed by atoms with Crippen molar-refractivity contribution in [2.24, 2.45) is 5.73 Å². The van der Waals surface area contributed by atoms with Crippen LogP contribution in [0.25, 0.3) is 10.8 Å². The zero-order chi connectivity index (χ0) is 12.3. The Bertz CT molecular complexity index is 518. The van der Waals surface area contributed by atoms with E-state index in [2.05, 4.69) is 10.3 Å². The molecule has 0 aliphatic rings. The normalized spacial score (nSPS) is 10.5. The molecule has 0 spiro atoms. The molecule has 0 bridgehead atoms. The van der Waals surface area contributed by atoms with E-state index in [1.165, 1.54) is 11.3 Å². The summed E-state index contributed by atoms with van der Waals surface area (Å²) in [6, 6.07) is 3.71. The van der Waals surface area contributed by atoms with Gasteiger partial charge in [-0.2, -0.15) is 0 Å². The van der Waals surface area contributed by atoms with Gasteiger partial charge >= 0.3 is 0 Å². The molecular formula is C11H13N3O2S. The number of nitrogens with zero attached hydrogens (tertiary/aromatic N) is 1. The van der Waals surface area contributed by atoms with Crippen molar-refractivity contribution in [1.29, 1.82) is 0 Å². The first-order valence-electron chi connectivity index (χ1n) is 5.21. The molecule has 2 aromatic heterocycles. The van der Waals surface area contributed by atoms with Gasteiger partial charge in [0.2, 0.25) is 0 Å². The largest absolute Gasteiger partial charge is 0.459 e.